The van der Waals surface area contributed by atoms with Gasteiger partial charge < -0.3 is 10.6 Å². The van der Waals surface area contributed by atoms with E-state index in [1.807, 2.05) is 24.9 Å². The zero-order valence-corrected chi connectivity index (χ0v) is 10.3. The second kappa shape index (κ2) is 6.50. The minimum absolute atomic E-state index is 0.472. The summed E-state index contributed by atoms with van der Waals surface area (Å²) in [5, 5.41) is 6.32. The highest BCUT2D eigenvalue weighted by atomic mass is 32.2. The van der Waals surface area contributed by atoms with E-state index in [-0.39, 0.29) is 0 Å². The van der Waals surface area contributed by atoms with Crippen molar-refractivity contribution >= 4 is 23.5 Å². The lowest BCUT2D eigenvalue weighted by atomic mass is 10.2. The van der Waals surface area contributed by atoms with Gasteiger partial charge >= 0.3 is 0 Å². The maximum atomic E-state index is 4.32. The van der Waals surface area contributed by atoms with Crippen molar-refractivity contribution in [3.05, 3.63) is 12.3 Å². The summed E-state index contributed by atoms with van der Waals surface area (Å²) in [6.45, 7) is 2.17. The van der Waals surface area contributed by atoms with E-state index < -0.39 is 0 Å². The zero-order chi connectivity index (χ0) is 11.1. The lowest BCUT2D eigenvalue weighted by Gasteiger charge is -2.16. The van der Waals surface area contributed by atoms with Gasteiger partial charge in [-0.15, -0.1) is 0 Å². The third kappa shape index (κ3) is 3.95. The molecule has 1 rings (SSSR count). The standard InChI is InChI=1S/C10H18N4S/c1-4-8(7-15-3)13-9-5-6-12-10(11-2)14-9/h5-6,8H,4,7H2,1-3H3,(H2,11,12,13,14). The van der Waals surface area contributed by atoms with Crippen LogP contribution in [-0.4, -0.2) is 35.1 Å². The fraction of sp³-hybridized carbons (Fsp3) is 0.600. The molecule has 0 radical (unpaired) electrons. The maximum absolute atomic E-state index is 4.32. The van der Waals surface area contributed by atoms with Crippen LogP contribution in [0.1, 0.15) is 13.3 Å². The van der Waals surface area contributed by atoms with E-state index in [1.165, 1.54) is 0 Å². The Morgan fingerprint density at radius 2 is 2.33 bits per heavy atom. The summed E-state index contributed by atoms with van der Waals surface area (Å²) >= 11 is 1.84. The Morgan fingerprint density at radius 1 is 1.53 bits per heavy atom. The van der Waals surface area contributed by atoms with Crippen molar-refractivity contribution < 1.29 is 0 Å². The molecule has 0 aliphatic rings. The first-order valence-corrected chi connectivity index (χ1v) is 6.45. The molecule has 4 nitrogen and oxygen atoms in total. The normalized spacial score (nSPS) is 12.2. The molecule has 0 saturated heterocycles. The van der Waals surface area contributed by atoms with Crippen molar-refractivity contribution in [1.82, 2.24) is 9.97 Å². The third-order valence-corrected chi connectivity index (χ3v) is 2.83. The van der Waals surface area contributed by atoms with Crippen LogP contribution in [0.2, 0.25) is 0 Å². The van der Waals surface area contributed by atoms with Gasteiger partial charge in [0.25, 0.3) is 0 Å². The molecule has 0 aliphatic carbocycles. The Morgan fingerprint density at radius 3 is 2.93 bits per heavy atom. The molecule has 5 heteroatoms. The molecule has 2 N–H and O–H groups in total. The minimum Gasteiger partial charge on any atom is -0.366 e. The summed E-state index contributed by atoms with van der Waals surface area (Å²) in [4.78, 5) is 8.39. The Balaban J connectivity index is 2.61. The molecular weight excluding hydrogens is 208 g/mol. The molecule has 84 valence electrons. The Hall–Kier alpha value is -0.970. The van der Waals surface area contributed by atoms with E-state index in [4.69, 9.17) is 0 Å². The maximum Gasteiger partial charge on any atom is 0.224 e. The van der Waals surface area contributed by atoms with Crippen LogP contribution in [0.15, 0.2) is 12.3 Å². The van der Waals surface area contributed by atoms with Gasteiger partial charge in [-0.05, 0) is 18.7 Å². The largest absolute Gasteiger partial charge is 0.366 e. The Kier molecular flexibility index (Phi) is 5.25. The molecule has 1 heterocycles. The molecule has 1 unspecified atom stereocenters. The number of nitrogens with one attached hydrogen (secondary N) is 2. The molecule has 1 atom stereocenters. The quantitative estimate of drug-likeness (QED) is 0.777. The lowest BCUT2D eigenvalue weighted by molar-refractivity contribution is 0.769. The van der Waals surface area contributed by atoms with Crippen LogP contribution in [0.25, 0.3) is 0 Å². The van der Waals surface area contributed by atoms with Crippen LogP contribution in [0.4, 0.5) is 11.8 Å². The molecule has 0 bridgehead atoms. The van der Waals surface area contributed by atoms with E-state index in [1.54, 1.807) is 6.20 Å². The molecule has 15 heavy (non-hydrogen) atoms. The van der Waals surface area contributed by atoms with Crippen LogP contribution in [-0.2, 0) is 0 Å². The molecule has 1 aromatic heterocycles. The van der Waals surface area contributed by atoms with E-state index >= 15 is 0 Å². The molecule has 0 aromatic carbocycles. The number of nitrogens with zero attached hydrogens (tertiary/aromatic N) is 2. The highest BCUT2D eigenvalue weighted by molar-refractivity contribution is 7.98. The first kappa shape index (κ1) is 12.1. The van der Waals surface area contributed by atoms with Gasteiger partial charge in [-0.25, -0.2) is 4.98 Å². The number of hydrogen-bond acceptors (Lipinski definition) is 5. The van der Waals surface area contributed by atoms with Crippen LogP contribution >= 0.6 is 11.8 Å². The number of aromatic nitrogens is 2. The SMILES string of the molecule is CCC(CSC)Nc1ccnc(NC)n1. The van der Waals surface area contributed by atoms with Crippen molar-refractivity contribution in [2.24, 2.45) is 0 Å². The van der Waals surface area contributed by atoms with Gasteiger partial charge in [0.2, 0.25) is 5.95 Å². The molecular formula is C10H18N4S. The molecule has 0 fully saturated rings. The number of rotatable bonds is 6. The van der Waals surface area contributed by atoms with Gasteiger partial charge in [-0.3, -0.25) is 0 Å². The highest BCUT2D eigenvalue weighted by Crippen LogP contribution is 2.10. The second-order valence-electron chi connectivity index (χ2n) is 3.22. The van der Waals surface area contributed by atoms with Crippen LogP contribution in [0.3, 0.4) is 0 Å². The van der Waals surface area contributed by atoms with Crippen molar-refractivity contribution in [3.63, 3.8) is 0 Å². The summed E-state index contributed by atoms with van der Waals surface area (Å²) in [5.41, 5.74) is 0. The molecule has 0 spiro atoms. The molecule has 1 aromatic rings. The van der Waals surface area contributed by atoms with Crippen LogP contribution in [0, 0.1) is 0 Å². The van der Waals surface area contributed by atoms with Crippen molar-refractivity contribution in [3.8, 4) is 0 Å². The van der Waals surface area contributed by atoms with Gasteiger partial charge in [-0.2, -0.15) is 16.7 Å². The summed E-state index contributed by atoms with van der Waals surface area (Å²) in [6, 6.07) is 2.36. The second-order valence-corrected chi connectivity index (χ2v) is 4.13. The lowest BCUT2D eigenvalue weighted by Crippen LogP contribution is -2.21. The number of thioether (sulfide) groups is 1. The van der Waals surface area contributed by atoms with Crippen molar-refractivity contribution in [1.29, 1.82) is 0 Å². The van der Waals surface area contributed by atoms with Gasteiger partial charge in [0.05, 0.1) is 0 Å². The zero-order valence-electron chi connectivity index (χ0n) is 9.45. The molecule has 0 amide bonds. The van der Waals surface area contributed by atoms with Crippen molar-refractivity contribution in [2.75, 3.05) is 29.7 Å². The van der Waals surface area contributed by atoms with Gasteiger partial charge in [0.1, 0.15) is 5.82 Å². The predicted molar refractivity (Wildman–Crippen MR) is 67.7 cm³/mol. The number of hydrogen-bond donors (Lipinski definition) is 2. The first-order chi connectivity index (χ1) is 7.30. The van der Waals surface area contributed by atoms with Crippen molar-refractivity contribution in [2.45, 2.75) is 19.4 Å². The van der Waals surface area contributed by atoms with Gasteiger partial charge in [0, 0.05) is 25.0 Å². The van der Waals surface area contributed by atoms with Gasteiger partial charge in [-0.1, -0.05) is 6.92 Å². The summed E-state index contributed by atoms with van der Waals surface area (Å²) in [6.07, 6.45) is 4.97. The first-order valence-electron chi connectivity index (χ1n) is 5.06. The Bertz CT molecular complexity index is 293. The average Bonchev–Trinajstić information content (AvgIpc) is 2.29. The third-order valence-electron chi connectivity index (χ3n) is 2.09. The molecule has 0 saturated carbocycles. The summed E-state index contributed by atoms with van der Waals surface area (Å²) in [5.74, 6) is 2.63. The molecule has 0 aliphatic heterocycles. The smallest absolute Gasteiger partial charge is 0.224 e. The average molecular weight is 226 g/mol. The predicted octanol–water partition coefficient (Wildman–Crippen LogP) is 2.07. The monoisotopic (exact) mass is 226 g/mol. The van der Waals surface area contributed by atoms with Gasteiger partial charge in [0.15, 0.2) is 0 Å². The van der Waals surface area contributed by atoms with E-state index in [9.17, 15) is 0 Å². The highest BCUT2D eigenvalue weighted by Gasteiger charge is 2.06. The fourth-order valence-electron chi connectivity index (χ4n) is 1.23. The Labute approximate surface area is 95.3 Å². The van der Waals surface area contributed by atoms with E-state index in [2.05, 4.69) is 33.8 Å². The fourth-order valence-corrected chi connectivity index (χ4v) is 1.95. The van der Waals surface area contributed by atoms with E-state index in [0.717, 1.165) is 18.0 Å². The number of anilines is 2. The van der Waals surface area contributed by atoms with Crippen LogP contribution in [0.5, 0.6) is 0 Å². The van der Waals surface area contributed by atoms with E-state index in [0.29, 0.717) is 12.0 Å². The summed E-state index contributed by atoms with van der Waals surface area (Å²) in [7, 11) is 1.82. The minimum atomic E-state index is 0.472. The topological polar surface area (TPSA) is 49.8 Å². The summed E-state index contributed by atoms with van der Waals surface area (Å²) < 4.78 is 0. The van der Waals surface area contributed by atoms with Crippen LogP contribution < -0.4 is 10.6 Å².